The number of rotatable bonds is 2. The van der Waals surface area contributed by atoms with Gasteiger partial charge in [-0.15, -0.1) is 0 Å². The van der Waals surface area contributed by atoms with Crippen molar-refractivity contribution in [1.29, 1.82) is 0 Å². The highest BCUT2D eigenvalue weighted by Crippen LogP contribution is 2.33. The van der Waals surface area contributed by atoms with Crippen LogP contribution in [0.15, 0.2) is 23.2 Å². The molecule has 0 aliphatic rings. The lowest BCUT2D eigenvalue weighted by Crippen LogP contribution is -2.03. The molecule has 4 nitrogen and oxygen atoms in total. The Morgan fingerprint density at radius 1 is 1.26 bits per heavy atom. The van der Waals surface area contributed by atoms with E-state index in [4.69, 9.17) is 34.8 Å². The highest BCUT2D eigenvalue weighted by Gasteiger charge is 2.21. The number of fused-ring (bicyclic) bond motifs is 1. The first kappa shape index (κ1) is 14.5. The summed E-state index contributed by atoms with van der Waals surface area (Å²) in [4.78, 5) is 15.3. The van der Waals surface area contributed by atoms with Crippen molar-refractivity contribution in [2.24, 2.45) is 0 Å². The minimum absolute atomic E-state index is 0.0394. The van der Waals surface area contributed by atoms with Gasteiger partial charge in [0.25, 0.3) is 5.24 Å². The third-order valence-electron chi connectivity index (χ3n) is 2.45. The molecule has 0 unspecified atom stereocenters. The SMILES string of the molecule is CS(=O)(=O)c1cc(Cl)c(C(=O)Cl)c2ncc(Cl)cc12. The molecule has 1 aromatic carbocycles. The van der Waals surface area contributed by atoms with Crippen molar-refractivity contribution in [3.63, 3.8) is 0 Å². The third-order valence-corrected chi connectivity index (χ3v) is 4.28. The molecule has 2 rings (SSSR count). The molecule has 19 heavy (non-hydrogen) atoms. The lowest BCUT2D eigenvalue weighted by Gasteiger charge is -2.09. The molecular weight excluding hydrogens is 333 g/mol. The summed E-state index contributed by atoms with van der Waals surface area (Å²) in [5, 5.41) is -0.427. The summed E-state index contributed by atoms with van der Waals surface area (Å²) < 4.78 is 23.5. The monoisotopic (exact) mass is 337 g/mol. The van der Waals surface area contributed by atoms with Gasteiger partial charge in [-0.3, -0.25) is 9.78 Å². The average molecular weight is 339 g/mol. The Balaban J connectivity index is 3.07. The summed E-state index contributed by atoms with van der Waals surface area (Å²) in [7, 11) is -3.55. The Morgan fingerprint density at radius 2 is 1.89 bits per heavy atom. The van der Waals surface area contributed by atoms with Crippen LogP contribution in [-0.2, 0) is 9.84 Å². The van der Waals surface area contributed by atoms with E-state index in [0.717, 1.165) is 6.26 Å². The summed E-state index contributed by atoms with van der Waals surface area (Å²) in [6.07, 6.45) is 2.32. The van der Waals surface area contributed by atoms with E-state index in [2.05, 4.69) is 4.98 Å². The maximum atomic E-state index is 11.7. The van der Waals surface area contributed by atoms with Crippen molar-refractivity contribution in [2.45, 2.75) is 4.90 Å². The number of pyridine rings is 1. The van der Waals surface area contributed by atoms with Crippen LogP contribution in [0.5, 0.6) is 0 Å². The number of benzene rings is 1. The van der Waals surface area contributed by atoms with Gasteiger partial charge in [-0.25, -0.2) is 8.42 Å². The molecule has 0 fully saturated rings. The minimum atomic E-state index is -3.55. The maximum Gasteiger partial charge on any atom is 0.256 e. The molecule has 0 atom stereocenters. The minimum Gasteiger partial charge on any atom is -0.275 e. The number of hydrogen-bond donors (Lipinski definition) is 0. The van der Waals surface area contributed by atoms with Crippen LogP contribution in [-0.4, -0.2) is 24.9 Å². The van der Waals surface area contributed by atoms with Gasteiger partial charge < -0.3 is 0 Å². The molecule has 2 aromatic rings. The van der Waals surface area contributed by atoms with Crippen LogP contribution < -0.4 is 0 Å². The van der Waals surface area contributed by atoms with E-state index in [1.807, 2.05) is 0 Å². The molecule has 0 amide bonds. The van der Waals surface area contributed by atoms with E-state index >= 15 is 0 Å². The standard InChI is InChI=1S/C11H6Cl3NO3S/c1-19(17,18)8-3-7(13)9(11(14)16)10-6(8)2-5(12)4-15-10/h2-4H,1H3. The van der Waals surface area contributed by atoms with Crippen molar-refractivity contribution < 1.29 is 13.2 Å². The lowest BCUT2D eigenvalue weighted by atomic mass is 10.1. The highest BCUT2D eigenvalue weighted by molar-refractivity contribution is 7.91. The maximum absolute atomic E-state index is 11.7. The molecule has 0 N–H and O–H groups in total. The van der Waals surface area contributed by atoms with Gasteiger partial charge in [0, 0.05) is 17.8 Å². The van der Waals surface area contributed by atoms with E-state index in [9.17, 15) is 13.2 Å². The molecule has 0 aliphatic carbocycles. The van der Waals surface area contributed by atoms with Gasteiger partial charge in [-0.05, 0) is 23.7 Å². The summed E-state index contributed by atoms with van der Waals surface area (Å²) in [6.45, 7) is 0. The van der Waals surface area contributed by atoms with Gasteiger partial charge >= 0.3 is 0 Å². The fraction of sp³-hybridized carbons (Fsp3) is 0.0909. The molecule has 1 aromatic heterocycles. The number of hydrogen-bond acceptors (Lipinski definition) is 4. The average Bonchev–Trinajstić information content (AvgIpc) is 2.26. The normalized spacial score (nSPS) is 11.8. The van der Waals surface area contributed by atoms with Gasteiger partial charge in [-0.2, -0.15) is 0 Å². The van der Waals surface area contributed by atoms with Gasteiger partial charge in [0.05, 0.1) is 26.0 Å². The Morgan fingerprint density at radius 3 is 2.42 bits per heavy atom. The number of sulfone groups is 1. The van der Waals surface area contributed by atoms with Crippen molar-refractivity contribution in [3.05, 3.63) is 33.9 Å². The van der Waals surface area contributed by atoms with Crippen LogP contribution in [0.2, 0.25) is 10.0 Å². The second-order valence-corrected chi connectivity index (χ2v) is 7.00. The molecule has 0 radical (unpaired) electrons. The predicted octanol–water partition coefficient (Wildman–Crippen LogP) is 3.32. The van der Waals surface area contributed by atoms with Crippen LogP contribution >= 0.6 is 34.8 Å². The van der Waals surface area contributed by atoms with Gasteiger partial charge in [0.2, 0.25) is 0 Å². The van der Waals surface area contributed by atoms with Crippen LogP contribution in [0.25, 0.3) is 10.9 Å². The van der Waals surface area contributed by atoms with Crippen LogP contribution in [0, 0.1) is 0 Å². The Bertz CT molecular complexity index is 802. The quantitative estimate of drug-likeness (QED) is 0.788. The summed E-state index contributed by atoms with van der Waals surface area (Å²) in [6, 6.07) is 2.58. The summed E-state index contributed by atoms with van der Waals surface area (Å²) >= 11 is 17.2. The van der Waals surface area contributed by atoms with Crippen LogP contribution in [0.3, 0.4) is 0 Å². The van der Waals surface area contributed by atoms with E-state index in [1.54, 1.807) is 0 Å². The van der Waals surface area contributed by atoms with Gasteiger partial charge in [0.15, 0.2) is 9.84 Å². The van der Waals surface area contributed by atoms with Crippen molar-refractivity contribution in [1.82, 2.24) is 4.98 Å². The van der Waals surface area contributed by atoms with Crippen molar-refractivity contribution >= 4 is 60.8 Å². The Labute approximate surface area is 124 Å². The fourth-order valence-corrected chi connectivity index (χ4v) is 3.33. The summed E-state index contributed by atoms with van der Waals surface area (Å²) in [5.41, 5.74) is 0.0692. The second kappa shape index (κ2) is 4.90. The topological polar surface area (TPSA) is 64.1 Å². The van der Waals surface area contributed by atoms with Gasteiger partial charge in [-0.1, -0.05) is 23.2 Å². The lowest BCUT2D eigenvalue weighted by molar-refractivity contribution is 0.108. The number of halogens is 3. The molecule has 1 heterocycles. The molecule has 8 heteroatoms. The van der Waals surface area contributed by atoms with E-state index in [1.165, 1.54) is 18.3 Å². The van der Waals surface area contributed by atoms with Crippen LogP contribution in [0.1, 0.15) is 10.4 Å². The van der Waals surface area contributed by atoms with Crippen molar-refractivity contribution in [3.8, 4) is 0 Å². The van der Waals surface area contributed by atoms with Crippen molar-refractivity contribution in [2.75, 3.05) is 6.26 Å². The van der Waals surface area contributed by atoms with Crippen LogP contribution in [0.4, 0.5) is 0 Å². The molecule has 0 aliphatic heterocycles. The predicted molar refractivity (Wildman–Crippen MR) is 75.1 cm³/mol. The third kappa shape index (κ3) is 2.69. The fourth-order valence-electron chi connectivity index (χ4n) is 1.70. The molecule has 100 valence electrons. The van der Waals surface area contributed by atoms with E-state index < -0.39 is 15.1 Å². The largest absolute Gasteiger partial charge is 0.275 e. The zero-order chi connectivity index (χ0) is 14.4. The number of aromatic nitrogens is 1. The number of nitrogens with zero attached hydrogens (tertiary/aromatic N) is 1. The summed E-state index contributed by atoms with van der Waals surface area (Å²) in [5.74, 6) is 0. The Hall–Kier alpha value is -0.880. The first-order valence-electron chi connectivity index (χ1n) is 4.89. The number of carbonyl (C=O) groups is 1. The Kier molecular flexibility index (Phi) is 3.75. The first-order chi connectivity index (χ1) is 8.71. The molecule has 0 spiro atoms. The zero-order valence-corrected chi connectivity index (χ0v) is 12.5. The molecule has 0 saturated heterocycles. The molecular formula is C11H6Cl3NO3S. The number of carbonyl (C=O) groups excluding carboxylic acids is 1. The first-order valence-corrected chi connectivity index (χ1v) is 7.92. The van der Waals surface area contributed by atoms with E-state index in [0.29, 0.717) is 0 Å². The highest BCUT2D eigenvalue weighted by atomic mass is 35.5. The molecule has 0 bridgehead atoms. The second-order valence-electron chi connectivity index (χ2n) is 3.83. The molecule has 0 saturated carbocycles. The van der Waals surface area contributed by atoms with E-state index in [-0.39, 0.29) is 31.4 Å². The zero-order valence-electron chi connectivity index (χ0n) is 9.45. The van der Waals surface area contributed by atoms with Gasteiger partial charge in [0.1, 0.15) is 0 Å². The smallest absolute Gasteiger partial charge is 0.256 e.